The first kappa shape index (κ1) is 16.1. The van der Waals surface area contributed by atoms with Gasteiger partial charge < -0.3 is 14.8 Å². The zero-order valence-electron chi connectivity index (χ0n) is 14.6. The summed E-state index contributed by atoms with van der Waals surface area (Å²) in [6.07, 6.45) is 5.57. The van der Waals surface area contributed by atoms with Crippen molar-refractivity contribution in [3.05, 3.63) is 36.0 Å². The Balaban J connectivity index is 1.37. The summed E-state index contributed by atoms with van der Waals surface area (Å²) in [7, 11) is 0. The van der Waals surface area contributed by atoms with Gasteiger partial charge in [0.25, 0.3) is 0 Å². The number of nitrogens with one attached hydrogen (secondary N) is 1. The van der Waals surface area contributed by atoms with E-state index >= 15 is 0 Å². The number of carbonyl (C=O) groups is 1. The van der Waals surface area contributed by atoms with E-state index < -0.39 is 0 Å². The molecule has 0 unspecified atom stereocenters. The molecular formula is C18H24N6O. The molecule has 0 saturated carbocycles. The van der Waals surface area contributed by atoms with E-state index in [1.807, 2.05) is 25.1 Å². The normalized spacial score (nSPS) is 23.2. The minimum atomic E-state index is 0.0270. The molecule has 4 heterocycles. The predicted molar refractivity (Wildman–Crippen MR) is 94.2 cm³/mol. The Bertz CT molecular complexity index is 743. The van der Waals surface area contributed by atoms with Gasteiger partial charge in [-0.1, -0.05) is 6.07 Å². The first-order valence-electron chi connectivity index (χ1n) is 9.06. The molecule has 0 bridgehead atoms. The van der Waals surface area contributed by atoms with Crippen molar-refractivity contribution in [2.45, 2.75) is 45.2 Å². The maximum absolute atomic E-state index is 12.8. The summed E-state index contributed by atoms with van der Waals surface area (Å²) in [5.41, 5.74) is 0. The maximum Gasteiger partial charge on any atom is 0.225 e. The number of fused-ring (bicyclic) bond motifs is 1. The van der Waals surface area contributed by atoms with Crippen molar-refractivity contribution >= 4 is 11.7 Å². The van der Waals surface area contributed by atoms with Gasteiger partial charge in [0.2, 0.25) is 5.91 Å². The van der Waals surface area contributed by atoms with Gasteiger partial charge in [-0.05, 0) is 38.3 Å². The van der Waals surface area contributed by atoms with Gasteiger partial charge in [-0.15, -0.1) is 10.2 Å². The van der Waals surface area contributed by atoms with Crippen LogP contribution in [0, 0.1) is 12.8 Å². The zero-order valence-corrected chi connectivity index (χ0v) is 14.6. The quantitative estimate of drug-likeness (QED) is 0.912. The average molecular weight is 340 g/mol. The van der Waals surface area contributed by atoms with Crippen LogP contribution >= 0.6 is 0 Å². The minimum Gasteiger partial charge on any atom is -0.356 e. The lowest BCUT2D eigenvalue weighted by atomic mass is 9.96. The second kappa shape index (κ2) is 6.82. The van der Waals surface area contributed by atoms with Gasteiger partial charge in [-0.3, -0.25) is 4.79 Å². The molecule has 0 aliphatic carbocycles. The Morgan fingerprint density at radius 3 is 3.00 bits per heavy atom. The molecule has 1 amide bonds. The molecule has 0 spiro atoms. The number of aromatic nitrogens is 4. The summed E-state index contributed by atoms with van der Waals surface area (Å²) >= 11 is 0. The third-order valence-corrected chi connectivity index (χ3v) is 5.24. The van der Waals surface area contributed by atoms with E-state index in [0.717, 1.165) is 62.8 Å². The van der Waals surface area contributed by atoms with E-state index in [1.165, 1.54) is 0 Å². The molecular weight excluding hydrogens is 316 g/mol. The van der Waals surface area contributed by atoms with Crippen molar-refractivity contribution in [2.75, 3.05) is 18.0 Å². The number of anilines is 1. The molecule has 1 N–H and O–H groups in total. The molecule has 132 valence electrons. The largest absolute Gasteiger partial charge is 0.356 e. The Labute approximate surface area is 147 Å². The standard InChI is InChI=1S/C18H24N6O/c1-13-21-22-17-8-7-15(12-24(13)17)20-18(25)14-5-4-10-23(11-14)16-6-2-3-9-19-16/h2-3,6,9,14-15H,4-5,7-8,10-12H2,1H3,(H,20,25)/t14-,15+/m1/s1. The van der Waals surface area contributed by atoms with Crippen LogP contribution in [0.3, 0.4) is 0 Å². The Morgan fingerprint density at radius 1 is 1.24 bits per heavy atom. The molecule has 2 aliphatic heterocycles. The number of nitrogens with zero attached hydrogens (tertiary/aromatic N) is 5. The van der Waals surface area contributed by atoms with E-state index in [1.54, 1.807) is 6.20 Å². The summed E-state index contributed by atoms with van der Waals surface area (Å²) in [6.45, 7) is 4.45. The van der Waals surface area contributed by atoms with Crippen molar-refractivity contribution in [2.24, 2.45) is 5.92 Å². The van der Waals surface area contributed by atoms with Crippen LogP contribution in [-0.4, -0.2) is 44.8 Å². The average Bonchev–Trinajstić information content (AvgIpc) is 3.03. The smallest absolute Gasteiger partial charge is 0.225 e. The van der Waals surface area contributed by atoms with Crippen molar-refractivity contribution in [3.63, 3.8) is 0 Å². The number of aryl methyl sites for hydroxylation is 2. The molecule has 7 heteroatoms. The monoisotopic (exact) mass is 340 g/mol. The number of pyridine rings is 1. The van der Waals surface area contributed by atoms with E-state index in [4.69, 9.17) is 0 Å². The molecule has 25 heavy (non-hydrogen) atoms. The Morgan fingerprint density at radius 2 is 2.16 bits per heavy atom. The molecule has 2 aromatic heterocycles. The number of rotatable bonds is 3. The first-order chi connectivity index (χ1) is 12.2. The maximum atomic E-state index is 12.8. The fraction of sp³-hybridized carbons (Fsp3) is 0.556. The Kier molecular flexibility index (Phi) is 4.38. The van der Waals surface area contributed by atoms with Crippen LogP contribution in [0.2, 0.25) is 0 Å². The van der Waals surface area contributed by atoms with E-state index in [2.05, 4.69) is 30.0 Å². The Hall–Kier alpha value is -2.44. The second-order valence-electron chi connectivity index (χ2n) is 6.99. The highest BCUT2D eigenvalue weighted by Gasteiger charge is 2.29. The molecule has 2 aliphatic rings. The van der Waals surface area contributed by atoms with Crippen molar-refractivity contribution in [1.82, 2.24) is 25.1 Å². The predicted octanol–water partition coefficient (Wildman–Crippen LogP) is 1.33. The first-order valence-corrected chi connectivity index (χ1v) is 9.06. The molecule has 7 nitrogen and oxygen atoms in total. The van der Waals surface area contributed by atoms with Gasteiger partial charge in [-0.2, -0.15) is 0 Å². The number of piperidine rings is 1. The molecule has 4 rings (SSSR count). The topological polar surface area (TPSA) is 75.9 Å². The fourth-order valence-corrected chi connectivity index (χ4v) is 3.84. The van der Waals surface area contributed by atoms with Gasteiger partial charge in [0.1, 0.15) is 17.5 Å². The summed E-state index contributed by atoms with van der Waals surface area (Å²) in [5.74, 6) is 3.11. The van der Waals surface area contributed by atoms with Gasteiger partial charge in [0.15, 0.2) is 0 Å². The van der Waals surface area contributed by atoms with Crippen molar-refractivity contribution in [3.8, 4) is 0 Å². The number of amides is 1. The highest BCUT2D eigenvalue weighted by atomic mass is 16.2. The van der Waals surface area contributed by atoms with Crippen LogP contribution in [0.1, 0.15) is 30.9 Å². The lowest BCUT2D eigenvalue weighted by Gasteiger charge is -2.34. The van der Waals surface area contributed by atoms with E-state index in [9.17, 15) is 4.79 Å². The number of hydrogen-bond acceptors (Lipinski definition) is 5. The van der Waals surface area contributed by atoms with Crippen LogP contribution in [-0.2, 0) is 17.8 Å². The van der Waals surface area contributed by atoms with Crippen LogP contribution in [0.4, 0.5) is 5.82 Å². The van der Waals surface area contributed by atoms with Gasteiger partial charge in [0.05, 0.1) is 5.92 Å². The SMILES string of the molecule is Cc1nnc2n1C[C@@H](NC(=O)[C@@H]1CCCN(c3ccccn3)C1)CC2. The fourth-order valence-electron chi connectivity index (χ4n) is 3.84. The van der Waals surface area contributed by atoms with Crippen LogP contribution in [0.15, 0.2) is 24.4 Å². The summed E-state index contributed by atoms with van der Waals surface area (Å²) in [4.78, 5) is 19.4. The molecule has 1 fully saturated rings. The van der Waals surface area contributed by atoms with Gasteiger partial charge in [0, 0.05) is 38.3 Å². The summed E-state index contributed by atoms with van der Waals surface area (Å²) < 4.78 is 2.12. The van der Waals surface area contributed by atoms with Crippen LogP contribution in [0.25, 0.3) is 0 Å². The van der Waals surface area contributed by atoms with Crippen molar-refractivity contribution in [1.29, 1.82) is 0 Å². The zero-order chi connectivity index (χ0) is 17.2. The lowest BCUT2D eigenvalue weighted by Crippen LogP contribution is -2.48. The molecule has 2 atom stereocenters. The second-order valence-corrected chi connectivity index (χ2v) is 6.99. The molecule has 2 aromatic rings. The molecule has 1 saturated heterocycles. The molecule has 0 radical (unpaired) electrons. The molecule has 0 aromatic carbocycles. The van der Waals surface area contributed by atoms with Crippen LogP contribution < -0.4 is 10.2 Å². The highest BCUT2D eigenvalue weighted by Crippen LogP contribution is 2.22. The highest BCUT2D eigenvalue weighted by molar-refractivity contribution is 5.79. The van der Waals surface area contributed by atoms with Crippen molar-refractivity contribution < 1.29 is 4.79 Å². The third-order valence-electron chi connectivity index (χ3n) is 5.24. The lowest BCUT2D eigenvalue weighted by molar-refractivity contribution is -0.126. The summed E-state index contributed by atoms with van der Waals surface area (Å²) in [5, 5.41) is 11.6. The van der Waals surface area contributed by atoms with Crippen LogP contribution in [0.5, 0.6) is 0 Å². The third kappa shape index (κ3) is 3.36. The number of hydrogen-bond donors (Lipinski definition) is 1. The minimum absolute atomic E-state index is 0.0270. The van der Waals surface area contributed by atoms with Gasteiger partial charge in [-0.25, -0.2) is 4.98 Å². The van der Waals surface area contributed by atoms with E-state index in [0.29, 0.717) is 0 Å². The van der Waals surface area contributed by atoms with Gasteiger partial charge >= 0.3 is 0 Å². The number of carbonyl (C=O) groups excluding carboxylic acids is 1. The van der Waals surface area contributed by atoms with E-state index in [-0.39, 0.29) is 17.9 Å². The summed E-state index contributed by atoms with van der Waals surface area (Å²) in [6, 6.07) is 6.09.